The zero-order valence-corrected chi connectivity index (χ0v) is 16.5. The average molecular weight is 421 g/mol. The van der Waals surface area contributed by atoms with Crippen LogP contribution in [0.2, 0.25) is 0 Å². The molecule has 0 aliphatic heterocycles. The van der Waals surface area contributed by atoms with Gasteiger partial charge in [0.2, 0.25) is 5.89 Å². The minimum absolute atomic E-state index is 0.0866. The molecular formula is C22H17F2N5O2. The molecule has 4 aromatic rings. The van der Waals surface area contributed by atoms with Crippen LogP contribution in [0, 0.1) is 18.6 Å². The highest BCUT2D eigenvalue weighted by Gasteiger charge is 2.22. The predicted molar refractivity (Wildman–Crippen MR) is 109 cm³/mol. The second kappa shape index (κ2) is 8.39. The smallest absolute Gasteiger partial charge is 0.247 e. The van der Waals surface area contributed by atoms with Crippen LogP contribution in [0.5, 0.6) is 0 Å². The predicted octanol–water partition coefficient (Wildman–Crippen LogP) is 4.18. The highest BCUT2D eigenvalue weighted by molar-refractivity contribution is 5.99. The van der Waals surface area contributed by atoms with Gasteiger partial charge in [-0.3, -0.25) is 9.78 Å². The van der Waals surface area contributed by atoms with Crippen molar-refractivity contribution in [3.05, 3.63) is 77.6 Å². The van der Waals surface area contributed by atoms with Crippen LogP contribution < -0.4 is 5.73 Å². The Balaban J connectivity index is 1.73. The number of hydrogen-bond acceptors (Lipinski definition) is 7. The fraction of sp³-hybridized carbons (Fsp3) is 0.136. The number of carbonyl (C=O) groups excluding carboxylic acids is 1. The Morgan fingerprint density at radius 1 is 1.06 bits per heavy atom. The van der Waals surface area contributed by atoms with Crippen molar-refractivity contribution in [3.8, 4) is 22.8 Å². The van der Waals surface area contributed by atoms with Gasteiger partial charge in [-0.25, -0.2) is 23.7 Å². The fourth-order valence-corrected chi connectivity index (χ4v) is 3.17. The monoisotopic (exact) mass is 421 g/mol. The van der Waals surface area contributed by atoms with Crippen molar-refractivity contribution < 1.29 is 18.0 Å². The molecule has 156 valence electrons. The molecule has 0 saturated carbocycles. The number of carbonyl (C=O) groups is 1. The maximum Gasteiger partial charge on any atom is 0.247 e. The Morgan fingerprint density at radius 2 is 1.84 bits per heavy atom. The quantitative estimate of drug-likeness (QED) is 0.465. The van der Waals surface area contributed by atoms with E-state index in [0.29, 0.717) is 11.3 Å². The van der Waals surface area contributed by atoms with Gasteiger partial charge in [-0.2, -0.15) is 0 Å². The molecule has 31 heavy (non-hydrogen) atoms. The number of halogens is 2. The second-order valence-corrected chi connectivity index (χ2v) is 6.80. The average Bonchev–Trinajstić information content (AvgIpc) is 3.28. The number of nitrogen functional groups attached to an aromatic ring is 1. The molecule has 0 aliphatic carbocycles. The summed E-state index contributed by atoms with van der Waals surface area (Å²) < 4.78 is 33.1. The largest absolute Gasteiger partial charge is 0.443 e. The van der Waals surface area contributed by atoms with E-state index in [2.05, 4.69) is 19.9 Å². The van der Waals surface area contributed by atoms with Gasteiger partial charge in [0.05, 0.1) is 6.20 Å². The lowest BCUT2D eigenvalue weighted by molar-refractivity contribution is 0.0978. The number of benzene rings is 1. The third kappa shape index (κ3) is 4.16. The van der Waals surface area contributed by atoms with Gasteiger partial charge < -0.3 is 10.2 Å². The Bertz CT molecular complexity index is 1240. The van der Waals surface area contributed by atoms with Crippen LogP contribution in [0.1, 0.15) is 28.2 Å². The van der Waals surface area contributed by atoms with Crippen LogP contribution in [0.15, 0.2) is 53.4 Å². The van der Waals surface area contributed by atoms with Crippen molar-refractivity contribution in [1.29, 1.82) is 0 Å². The molecule has 2 N–H and O–H groups in total. The third-order valence-corrected chi connectivity index (χ3v) is 4.66. The van der Waals surface area contributed by atoms with Gasteiger partial charge in [-0.15, -0.1) is 0 Å². The number of pyridine rings is 1. The van der Waals surface area contributed by atoms with Gasteiger partial charge >= 0.3 is 0 Å². The summed E-state index contributed by atoms with van der Waals surface area (Å²) in [5.74, 6) is -1.84. The maximum absolute atomic E-state index is 13.9. The van der Waals surface area contributed by atoms with Crippen LogP contribution in [0.25, 0.3) is 22.8 Å². The lowest BCUT2D eigenvalue weighted by Crippen LogP contribution is -2.12. The van der Waals surface area contributed by atoms with Crippen LogP contribution in [0.3, 0.4) is 0 Å². The number of aryl methyl sites for hydroxylation is 1. The fourth-order valence-electron chi connectivity index (χ4n) is 3.17. The van der Waals surface area contributed by atoms with E-state index in [1.807, 2.05) is 6.92 Å². The SMILES string of the molecule is Cc1cc(-c2nc(C(=O)CCc3c(F)cccc3F)c(N)nc2-c2ncco2)ccn1. The zero-order valence-electron chi connectivity index (χ0n) is 16.5. The number of Topliss-reactive ketones (excluding diaryl/α,β-unsaturated/α-hetero) is 1. The maximum atomic E-state index is 13.9. The molecule has 0 atom stereocenters. The number of nitrogens with zero attached hydrogens (tertiary/aromatic N) is 4. The van der Waals surface area contributed by atoms with E-state index in [9.17, 15) is 13.6 Å². The molecule has 0 amide bonds. The summed E-state index contributed by atoms with van der Waals surface area (Å²) in [5, 5.41) is 0. The van der Waals surface area contributed by atoms with Crippen molar-refractivity contribution in [2.75, 3.05) is 5.73 Å². The van der Waals surface area contributed by atoms with Crippen molar-refractivity contribution in [2.24, 2.45) is 0 Å². The van der Waals surface area contributed by atoms with Crippen LogP contribution >= 0.6 is 0 Å². The molecule has 0 radical (unpaired) electrons. The first-order valence-corrected chi connectivity index (χ1v) is 9.40. The minimum atomic E-state index is -0.709. The molecule has 4 rings (SSSR count). The van der Waals surface area contributed by atoms with Crippen LogP contribution in [-0.2, 0) is 6.42 Å². The molecular weight excluding hydrogens is 404 g/mol. The Kier molecular flexibility index (Phi) is 5.48. The van der Waals surface area contributed by atoms with Gasteiger partial charge in [0, 0.05) is 29.4 Å². The number of rotatable bonds is 6. The van der Waals surface area contributed by atoms with E-state index < -0.39 is 17.4 Å². The lowest BCUT2D eigenvalue weighted by atomic mass is 10.0. The van der Waals surface area contributed by atoms with Crippen LogP contribution in [-0.4, -0.2) is 25.7 Å². The molecule has 0 unspecified atom stereocenters. The molecule has 7 nitrogen and oxygen atoms in total. The van der Waals surface area contributed by atoms with E-state index >= 15 is 0 Å². The van der Waals surface area contributed by atoms with Gasteiger partial charge in [-0.05, 0) is 37.6 Å². The van der Waals surface area contributed by atoms with E-state index in [0.717, 1.165) is 17.8 Å². The molecule has 1 aromatic carbocycles. The highest BCUT2D eigenvalue weighted by Crippen LogP contribution is 2.30. The van der Waals surface area contributed by atoms with E-state index in [4.69, 9.17) is 10.2 Å². The van der Waals surface area contributed by atoms with E-state index in [1.165, 1.54) is 18.5 Å². The summed E-state index contributed by atoms with van der Waals surface area (Å²) in [6.45, 7) is 1.81. The number of aromatic nitrogens is 4. The summed E-state index contributed by atoms with van der Waals surface area (Å²) in [7, 11) is 0. The molecule has 0 spiro atoms. The van der Waals surface area contributed by atoms with Crippen molar-refractivity contribution in [3.63, 3.8) is 0 Å². The molecule has 0 aliphatic rings. The summed E-state index contributed by atoms with van der Waals surface area (Å²) >= 11 is 0. The molecule has 0 saturated heterocycles. The van der Waals surface area contributed by atoms with Crippen LogP contribution in [0.4, 0.5) is 14.6 Å². The highest BCUT2D eigenvalue weighted by atomic mass is 19.1. The Morgan fingerprint density at radius 3 is 2.52 bits per heavy atom. The number of ketones is 1. The molecule has 0 fully saturated rings. The Hall–Kier alpha value is -4.01. The van der Waals surface area contributed by atoms with Crippen molar-refractivity contribution >= 4 is 11.6 Å². The molecule has 3 heterocycles. The number of anilines is 1. The summed E-state index contributed by atoms with van der Waals surface area (Å²) in [5.41, 5.74) is 7.74. The van der Waals surface area contributed by atoms with E-state index in [-0.39, 0.29) is 41.5 Å². The molecule has 9 heteroatoms. The molecule has 0 bridgehead atoms. The second-order valence-electron chi connectivity index (χ2n) is 6.80. The van der Waals surface area contributed by atoms with E-state index in [1.54, 1.807) is 18.3 Å². The van der Waals surface area contributed by atoms with Gasteiger partial charge in [-0.1, -0.05) is 6.07 Å². The minimum Gasteiger partial charge on any atom is -0.443 e. The lowest BCUT2D eigenvalue weighted by Gasteiger charge is -2.11. The zero-order chi connectivity index (χ0) is 22.0. The third-order valence-electron chi connectivity index (χ3n) is 4.66. The first-order valence-electron chi connectivity index (χ1n) is 9.40. The summed E-state index contributed by atoms with van der Waals surface area (Å²) in [6.07, 6.45) is 4.12. The number of hydrogen-bond donors (Lipinski definition) is 1. The van der Waals surface area contributed by atoms with Gasteiger partial charge in [0.1, 0.15) is 29.3 Å². The Labute approximate surface area is 176 Å². The van der Waals surface area contributed by atoms with Crippen molar-refractivity contribution in [2.45, 2.75) is 19.8 Å². The summed E-state index contributed by atoms with van der Waals surface area (Å²) in [6, 6.07) is 7.04. The normalized spacial score (nSPS) is 10.9. The first-order chi connectivity index (χ1) is 14.9. The first kappa shape index (κ1) is 20.3. The number of oxazole rings is 1. The van der Waals surface area contributed by atoms with Gasteiger partial charge in [0.25, 0.3) is 0 Å². The topological polar surface area (TPSA) is 108 Å². The number of nitrogens with two attached hydrogens (primary N) is 1. The summed E-state index contributed by atoms with van der Waals surface area (Å²) in [4.78, 5) is 29.8. The standard InChI is InChI=1S/C22H17F2N5O2/c1-12-11-13(7-8-26-12)18-20(22-27-9-10-31-22)29-21(25)19(28-18)17(30)6-5-14-15(23)3-2-4-16(14)24/h2-4,7-11H,5-6H2,1H3,(H2,25,29). The van der Waals surface area contributed by atoms with Gasteiger partial charge in [0.15, 0.2) is 17.3 Å². The van der Waals surface area contributed by atoms with Crippen molar-refractivity contribution in [1.82, 2.24) is 19.9 Å². The molecule has 3 aromatic heterocycles.